The van der Waals surface area contributed by atoms with E-state index in [4.69, 9.17) is 0 Å². The topological polar surface area (TPSA) is 0 Å². The van der Waals surface area contributed by atoms with E-state index in [9.17, 15) is 48.3 Å². The molecule has 0 aromatic heterocycles. The Morgan fingerprint density at radius 1 is 0.684 bits per heavy atom. The molecule has 0 saturated heterocycles. The lowest BCUT2D eigenvalue weighted by molar-refractivity contribution is -0.264. The van der Waals surface area contributed by atoms with Gasteiger partial charge in [-0.15, -0.1) is 0 Å². The van der Waals surface area contributed by atoms with Gasteiger partial charge in [0.2, 0.25) is 0 Å². The van der Waals surface area contributed by atoms with E-state index in [1.165, 1.54) is 0 Å². The molecule has 0 aromatic carbocycles. The fraction of sp³-hybridized carbons (Fsp3) is 0.667. The van der Waals surface area contributed by atoms with Gasteiger partial charge in [0.05, 0.1) is 4.91 Å². The summed E-state index contributed by atoms with van der Waals surface area (Å²) in [7, 11) is 2.85. The minimum Gasteiger partial charge on any atom is -0.190 e. The van der Waals surface area contributed by atoms with Crippen molar-refractivity contribution < 1.29 is 48.3 Å². The lowest BCUT2D eigenvalue weighted by atomic mass is 10.1. The third-order valence-electron chi connectivity index (χ3n) is 1.51. The van der Waals surface area contributed by atoms with Gasteiger partial charge in [-0.3, -0.25) is 0 Å². The first-order chi connectivity index (χ1) is 8.06. The van der Waals surface area contributed by atoms with E-state index in [1.54, 1.807) is 0 Å². The third kappa shape index (κ3) is 4.04. The highest BCUT2D eigenvalue weighted by Gasteiger charge is 2.66. The molecule has 0 bridgehead atoms. The molecule has 0 amide bonds. The molecule has 0 aliphatic carbocycles. The number of hydrogen-bond donors (Lipinski definition) is 0. The second kappa shape index (κ2) is 5.19. The zero-order valence-corrected chi connectivity index (χ0v) is 9.52. The van der Waals surface area contributed by atoms with Gasteiger partial charge in [0.15, 0.2) is 5.57 Å². The van der Waals surface area contributed by atoms with Gasteiger partial charge < -0.3 is 0 Å². The molecule has 0 atom stereocenters. The first-order valence-corrected chi connectivity index (χ1v) is 5.33. The predicted octanol–water partition coefficient (Wildman–Crippen LogP) is 5.45. The highest BCUT2D eigenvalue weighted by molar-refractivity contribution is 8.24. The van der Waals surface area contributed by atoms with Crippen LogP contribution in [0.15, 0.2) is 10.5 Å². The molecule has 0 heterocycles. The highest BCUT2D eigenvalue weighted by Crippen LogP contribution is 2.53. The van der Waals surface area contributed by atoms with Crippen molar-refractivity contribution in [2.45, 2.75) is 24.5 Å². The molecule has 0 radical (unpaired) electrons. The van der Waals surface area contributed by atoms with E-state index in [-0.39, 0.29) is 0 Å². The summed E-state index contributed by atoms with van der Waals surface area (Å²) in [6.07, 6.45) is -19.6. The van der Waals surface area contributed by atoms with E-state index < -0.39 is 45.9 Å². The number of hydrogen-bond acceptors (Lipinski definition) is 1. The first kappa shape index (κ1) is 18.6. The summed E-state index contributed by atoms with van der Waals surface area (Å²) in [4.78, 5) is -3.37. The van der Waals surface area contributed by atoms with Crippen LogP contribution < -0.4 is 0 Å². The standard InChI is InChI=1S/C6ClF11S/c7-19-2(3(8,9)6(16,17)18)1(4(10,11)12)5(13,14)15. The Morgan fingerprint density at radius 3 is 1.16 bits per heavy atom. The van der Waals surface area contributed by atoms with Crippen LogP contribution in [-0.4, -0.2) is 24.5 Å². The van der Waals surface area contributed by atoms with Gasteiger partial charge in [-0.2, -0.15) is 48.3 Å². The monoisotopic (exact) mass is 348 g/mol. The van der Waals surface area contributed by atoms with Crippen molar-refractivity contribution in [2.75, 3.05) is 0 Å². The van der Waals surface area contributed by atoms with E-state index >= 15 is 0 Å². The normalized spacial score (nSPS) is 14.5. The molecule has 19 heavy (non-hydrogen) atoms. The number of allylic oxidation sites excluding steroid dienone is 2. The maximum Gasteiger partial charge on any atom is 0.458 e. The van der Waals surface area contributed by atoms with Gasteiger partial charge in [-0.1, -0.05) is 0 Å². The summed E-state index contributed by atoms with van der Waals surface area (Å²) in [5.74, 6) is -6.39. The van der Waals surface area contributed by atoms with Crippen LogP contribution in [0.2, 0.25) is 0 Å². The van der Waals surface area contributed by atoms with Crippen LogP contribution in [0.1, 0.15) is 0 Å². The van der Waals surface area contributed by atoms with Crippen LogP contribution in [0.5, 0.6) is 0 Å². The number of rotatable bonds is 2. The van der Waals surface area contributed by atoms with E-state index in [0.29, 0.717) is 0 Å². The summed E-state index contributed by atoms with van der Waals surface area (Å²) in [6.45, 7) is 0. The molecule has 0 N–H and O–H groups in total. The fourth-order valence-electron chi connectivity index (χ4n) is 0.791. The largest absolute Gasteiger partial charge is 0.458 e. The number of halogens is 12. The minimum atomic E-state index is -6.66. The van der Waals surface area contributed by atoms with Crippen LogP contribution in [0.4, 0.5) is 48.3 Å². The van der Waals surface area contributed by atoms with Gasteiger partial charge in [0, 0.05) is 0 Å². The molecule has 0 aliphatic heterocycles. The molecule has 0 aliphatic rings. The highest BCUT2D eigenvalue weighted by atomic mass is 35.7. The van der Waals surface area contributed by atoms with Gasteiger partial charge >= 0.3 is 24.5 Å². The van der Waals surface area contributed by atoms with Crippen LogP contribution in [0.25, 0.3) is 0 Å². The molecule has 0 fully saturated rings. The molecule has 0 saturated carbocycles. The van der Waals surface area contributed by atoms with Gasteiger partial charge in [-0.05, 0) is 21.7 Å². The summed E-state index contributed by atoms with van der Waals surface area (Å²) in [6, 6.07) is 0. The first-order valence-electron chi connectivity index (χ1n) is 3.69. The zero-order chi connectivity index (χ0) is 15.9. The molecule has 0 aromatic rings. The van der Waals surface area contributed by atoms with Crippen LogP contribution >= 0.6 is 21.7 Å². The lowest BCUT2D eigenvalue weighted by Gasteiger charge is -2.25. The summed E-state index contributed by atoms with van der Waals surface area (Å²) >= 11 is 0. The van der Waals surface area contributed by atoms with Crippen molar-refractivity contribution in [2.24, 2.45) is 0 Å². The van der Waals surface area contributed by atoms with Crippen molar-refractivity contribution >= 4 is 21.7 Å². The third-order valence-corrected chi connectivity index (χ3v) is 2.59. The van der Waals surface area contributed by atoms with E-state index in [1.807, 2.05) is 0 Å². The quantitative estimate of drug-likeness (QED) is 0.598. The Labute approximate surface area is 106 Å². The van der Waals surface area contributed by atoms with Gasteiger partial charge in [-0.25, -0.2) is 0 Å². The molecule has 0 spiro atoms. The van der Waals surface area contributed by atoms with Crippen molar-refractivity contribution in [1.82, 2.24) is 0 Å². The molecular weight excluding hydrogens is 349 g/mol. The second-order valence-electron chi connectivity index (χ2n) is 2.85. The van der Waals surface area contributed by atoms with Crippen molar-refractivity contribution in [1.29, 1.82) is 0 Å². The Bertz CT molecular complexity index is 343. The zero-order valence-electron chi connectivity index (χ0n) is 7.94. The van der Waals surface area contributed by atoms with Crippen LogP contribution in [-0.2, 0) is 0 Å². The van der Waals surface area contributed by atoms with Crippen molar-refractivity contribution in [3.05, 3.63) is 10.5 Å². The molecule has 0 unspecified atom stereocenters. The summed E-state index contributed by atoms with van der Waals surface area (Å²) in [5.41, 5.74) is -4.00. The minimum absolute atomic E-state index is 1.49. The van der Waals surface area contributed by atoms with Gasteiger partial charge in [0.25, 0.3) is 0 Å². The van der Waals surface area contributed by atoms with Crippen LogP contribution in [0.3, 0.4) is 0 Å². The average molecular weight is 349 g/mol. The summed E-state index contributed by atoms with van der Waals surface area (Å²) in [5, 5.41) is 0. The Kier molecular flexibility index (Phi) is 5.08. The Hall–Kier alpha value is -0.390. The van der Waals surface area contributed by atoms with Gasteiger partial charge in [0.1, 0.15) is 0 Å². The smallest absolute Gasteiger partial charge is 0.190 e. The molecular formula is C6ClF11S. The maximum absolute atomic E-state index is 12.6. The molecule has 114 valence electrons. The molecule has 0 rings (SSSR count). The number of alkyl halides is 11. The predicted molar refractivity (Wildman–Crippen MR) is 43.6 cm³/mol. The SMILES string of the molecule is FC(F)(F)C(=C(SCl)C(F)(F)C(F)(F)F)C(F)(F)F. The van der Waals surface area contributed by atoms with Crippen molar-refractivity contribution in [3.63, 3.8) is 0 Å². The van der Waals surface area contributed by atoms with Crippen molar-refractivity contribution in [3.8, 4) is 0 Å². The Balaban J connectivity index is 6.34. The second-order valence-corrected chi connectivity index (χ2v) is 3.87. The van der Waals surface area contributed by atoms with E-state index in [0.717, 1.165) is 0 Å². The average Bonchev–Trinajstić information content (AvgIpc) is 2.07. The lowest BCUT2D eigenvalue weighted by Crippen LogP contribution is -2.41. The molecule has 0 nitrogen and oxygen atoms in total. The maximum atomic E-state index is 12.6. The fourth-order valence-corrected chi connectivity index (χ4v) is 1.83. The molecule has 13 heteroatoms. The van der Waals surface area contributed by atoms with E-state index in [2.05, 4.69) is 10.7 Å². The summed E-state index contributed by atoms with van der Waals surface area (Å²) < 4.78 is 133. The Morgan fingerprint density at radius 2 is 1.00 bits per heavy atom. The van der Waals surface area contributed by atoms with Crippen LogP contribution in [0, 0.1) is 0 Å².